The number of nitrogens with one attached hydrogen (secondary N) is 1. The fourth-order valence-corrected chi connectivity index (χ4v) is 5.45. The molecule has 2 aliphatic rings. The summed E-state index contributed by atoms with van der Waals surface area (Å²) in [7, 11) is -2.02. The number of carbonyl (C=O) groups excluding carboxylic acids is 2. The van der Waals surface area contributed by atoms with Crippen molar-refractivity contribution in [1.29, 1.82) is 0 Å². The summed E-state index contributed by atoms with van der Waals surface area (Å²) in [6, 6.07) is 0. The molecule has 1 saturated heterocycles. The molecule has 1 saturated carbocycles. The van der Waals surface area contributed by atoms with Crippen LogP contribution in [0.1, 0.15) is 74.1 Å². The van der Waals surface area contributed by atoms with Crippen LogP contribution in [0.3, 0.4) is 0 Å². The fourth-order valence-electron chi connectivity index (χ4n) is 4.02. The highest BCUT2D eigenvalue weighted by molar-refractivity contribution is 6.74. The van der Waals surface area contributed by atoms with E-state index in [1.165, 1.54) is 0 Å². The fraction of sp³-hybridized carbons (Fsp3) is 0.833. The zero-order valence-electron chi connectivity index (χ0n) is 20.6. The molecule has 0 aromatic heterocycles. The highest BCUT2D eigenvalue weighted by Crippen LogP contribution is 2.44. The first kappa shape index (κ1) is 25.1. The number of Topliss-reactive ketones (excluding diaryl/α,β-unsaturated/α-hetero) is 1. The van der Waals surface area contributed by atoms with Crippen LogP contribution in [0.2, 0.25) is 18.1 Å². The number of ether oxygens (including phenoxy) is 1. The van der Waals surface area contributed by atoms with E-state index >= 15 is 0 Å². The van der Waals surface area contributed by atoms with Crippen LogP contribution < -0.4 is 5.32 Å². The first-order valence-corrected chi connectivity index (χ1v) is 14.4. The second-order valence-electron chi connectivity index (χ2n) is 11.7. The Labute approximate surface area is 184 Å². The molecule has 1 aliphatic carbocycles. The molecule has 1 aliphatic heterocycles. The topological polar surface area (TPSA) is 64.6 Å². The van der Waals surface area contributed by atoms with E-state index in [9.17, 15) is 9.59 Å². The van der Waals surface area contributed by atoms with Gasteiger partial charge in [0.25, 0.3) is 0 Å². The van der Waals surface area contributed by atoms with Gasteiger partial charge >= 0.3 is 5.97 Å². The Bertz CT molecular complexity index is 676. The molecule has 2 rings (SSSR count). The van der Waals surface area contributed by atoms with Gasteiger partial charge in [-0.3, -0.25) is 9.59 Å². The third-order valence-corrected chi connectivity index (χ3v) is 11.4. The van der Waals surface area contributed by atoms with Crippen molar-refractivity contribution >= 4 is 20.1 Å². The number of esters is 1. The molecule has 0 aromatic rings. The van der Waals surface area contributed by atoms with Crippen LogP contribution in [0.4, 0.5) is 0 Å². The Hall–Kier alpha value is -1.14. The van der Waals surface area contributed by atoms with Gasteiger partial charge in [-0.2, -0.15) is 0 Å². The maximum atomic E-state index is 13.1. The summed E-state index contributed by atoms with van der Waals surface area (Å²) in [4.78, 5) is 25.4. The first-order chi connectivity index (χ1) is 13.6. The van der Waals surface area contributed by atoms with Gasteiger partial charge < -0.3 is 14.5 Å². The van der Waals surface area contributed by atoms with Crippen molar-refractivity contribution in [1.82, 2.24) is 5.32 Å². The number of ketones is 1. The van der Waals surface area contributed by atoms with Gasteiger partial charge in [0, 0.05) is 30.2 Å². The second-order valence-corrected chi connectivity index (χ2v) is 16.4. The largest absolute Gasteiger partial charge is 0.465 e. The molecule has 0 aromatic carbocycles. The van der Waals surface area contributed by atoms with Crippen LogP contribution >= 0.6 is 0 Å². The van der Waals surface area contributed by atoms with Crippen LogP contribution in [-0.4, -0.2) is 39.3 Å². The lowest BCUT2D eigenvalue weighted by atomic mass is 9.73. The van der Waals surface area contributed by atoms with Gasteiger partial charge in [0.05, 0.1) is 18.1 Å². The Balaban J connectivity index is 2.33. The molecule has 6 heteroatoms. The van der Waals surface area contributed by atoms with E-state index in [-0.39, 0.29) is 34.7 Å². The van der Waals surface area contributed by atoms with Crippen LogP contribution in [0.5, 0.6) is 0 Å². The van der Waals surface area contributed by atoms with Crippen LogP contribution in [-0.2, 0) is 18.8 Å². The Morgan fingerprint density at radius 2 is 1.80 bits per heavy atom. The Morgan fingerprint density at radius 3 is 2.30 bits per heavy atom. The molecular formula is C24H43NO4Si. The van der Waals surface area contributed by atoms with Crippen molar-refractivity contribution in [3.05, 3.63) is 11.3 Å². The molecule has 30 heavy (non-hydrogen) atoms. The third kappa shape index (κ3) is 5.76. The first-order valence-electron chi connectivity index (χ1n) is 11.5. The highest BCUT2D eigenvalue weighted by atomic mass is 28.4. The summed E-state index contributed by atoms with van der Waals surface area (Å²) in [6.07, 6.45) is 3.10. The minimum atomic E-state index is -2.02. The number of hydrogen-bond acceptors (Lipinski definition) is 5. The van der Waals surface area contributed by atoms with Gasteiger partial charge in [-0.25, -0.2) is 0 Å². The Kier molecular flexibility index (Phi) is 7.66. The normalized spacial score (nSPS) is 28.4. The molecule has 5 nitrogen and oxygen atoms in total. The molecule has 0 bridgehead atoms. The molecule has 0 amide bonds. The number of rotatable bonds is 5. The maximum Gasteiger partial charge on any atom is 0.311 e. The molecule has 0 unspecified atom stereocenters. The Morgan fingerprint density at radius 1 is 1.17 bits per heavy atom. The van der Waals surface area contributed by atoms with Gasteiger partial charge in [0.2, 0.25) is 0 Å². The second kappa shape index (κ2) is 9.15. The highest BCUT2D eigenvalue weighted by Gasteiger charge is 2.47. The molecule has 1 N–H and O–H groups in total. The van der Waals surface area contributed by atoms with E-state index in [0.29, 0.717) is 19.4 Å². The standard InChI is InChI=1S/C24H43NO4Si/c1-16-15-19(26)20(18-11-10-13-25-18)17(12-14-28-22(27)23(2,3)4)21(16)29-30(8,9)24(5,6)7/h16-17,21,25H,10-15H2,1-9H3/b20-18-/t16-,17-,21-/m0/s1. The van der Waals surface area contributed by atoms with E-state index < -0.39 is 13.7 Å². The van der Waals surface area contributed by atoms with Crippen molar-refractivity contribution in [2.45, 2.75) is 98.4 Å². The van der Waals surface area contributed by atoms with Crippen LogP contribution in [0, 0.1) is 17.3 Å². The minimum absolute atomic E-state index is 0.0261. The number of hydrogen-bond donors (Lipinski definition) is 1. The monoisotopic (exact) mass is 437 g/mol. The summed E-state index contributed by atoms with van der Waals surface area (Å²) in [5.74, 6) is 0.145. The summed E-state index contributed by atoms with van der Waals surface area (Å²) in [5.41, 5.74) is 1.46. The van der Waals surface area contributed by atoms with Crippen LogP contribution in [0.15, 0.2) is 11.3 Å². The van der Waals surface area contributed by atoms with Crippen molar-refractivity contribution in [2.24, 2.45) is 17.3 Å². The van der Waals surface area contributed by atoms with Crippen molar-refractivity contribution < 1.29 is 18.8 Å². The predicted molar refractivity (Wildman–Crippen MR) is 124 cm³/mol. The van der Waals surface area contributed by atoms with Gasteiger partial charge in [0.15, 0.2) is 14.1 Å². The quantitative estimate of drug-likeness (QED) is 0.363. The predicted octanol–water partition coefficient (Wildman–Crippen LogP) is 5.22. The van der Waals surface area contributed by atoms with Gasteiger partial charge in [-0.05, 0) is 64.1 Å². The van der Waals surface area contributed by atoms with Gasteiger partial charge in [0.1, 0.15) is 0 Å². The molecule has 1 heterocycles. The van der Waals surface area contributed by atoms with Gasteiger partial charge in [-0.15, -0.1) is 0 Å². The maximum absolute atomic E-state index is 13.1. The lowest BCUT2D eigenvalue weighted by molar-refractivity contribution is -0.153. The van der Waals surface area contributed by atoms with Crippen molar-refractivity contribution in [2.75, 3.05) is 13.2 Å². The molecule has 2 fully saturated rings. The van der Waals surface area contributed by atoms with Crippen molar-refractivity contribution in [3.8, 4) is 0 Å². The molecular weight excluding hydrogens is 394 g/mol. The molecule has 0 radical (unpaired) electrons. The van der Waals surface area contributed by atoms with E-state index in [1.54, 1.807) is 0 Å². The summed E-state index contributed by atoms with van der Waals surface area (Å²) >= 11 is 0. The smallest absolute Gasteiger partial charge is 0.311 e. The summed E-state index contributed by atoms with van der Waals surface area (Å²) < 4.78 is 12.5. The zero-order valence-corrected chi connectivity index (χ0v) is 21.6. The van der Waals surface area contributed by atoms with E-state index in [4.69, 9.17) is 9.16 Å². The average Bonchev–Trinajstić information content (AvgIpc) is 3.10. The summed E-state index contributed by atoms with van der Waals surface area (Å²) in [5, 5.41) is 3.54. The van der Waals surface area contributed by atoms with E-state index in [2.05, 4.69) is 46.1 Å². The van der Waals surface area contributed by atoms with Gasteiger partial charge in [-0.1, -0.05) is 27.7 Å². The molecule has 3 atom stereocenters. The lowest BCUT2D eigenvalue weighted by Gasteiger charge is -2.46. The molecule has 172 valence electrons. The third-order valence-electron chi connectivity index (χ3n) is 6.91. The van der Waals surface area contributed by atoms with Crippen molar-refractivity contribution in [3.63, 3.8) is 0 Å². The SMILES string of the molecule is C[C@H]1CC(=O)/C(=C2/CCCN2)[C@H](CCOC(=O)C(C)(C)C)[C@H]1O[Si](C)(C)C(C)(C)C. The average molecular weight is 438 g/mol. The molecule has 0 spiro atoms. The zero-order chi connectivity index (χ0) is 22.9. The number of carbonyl (C=O) groups is 2. The van der Waals surface area contributed by atoms with Crippen LogP contribution in [0.25, 0.3) is 0 Å². The van der Waals surface area contributed by atoms with E-state index in [1.807, 2.05) is 20.8 Å². The number of allylic oxidation sites excluding steroid dienone is 1. The summed E-state index contributed by atoms with van der Waals surface area (Å²) in [6.45, 7) is 20.2. The lowest BCUT2D eigenvalue weighted by Crippen LogP contribution is -2.51. The van der Waals surface area contributed by atoms with E-state index in [0.717, 1.165) is 30.7 Å². The minimum Gasteiger partial charge on any atom is -0.465 e.